The van der Waals surface area contributed by atoms with Crippen LogP contribution in [0.3, 0.4) is 0 Å². The predicted octanol–water partition coefficient (Wildman–Crippen LogP) is 3.64. The molecule has 1 rings (SSSR count). The lowest BCUT2D eigenvalue weighted by Gasteiger charge is -2.11. The molecule has 1 aromatic rings. The first-order valence-corrected chi connectivity index (χ1v) is 6.01. The minimum absolute atomic E-state index is 0.318. The van der Waals surface area contributed by atoms with Crippen LogP contribution >= 0.6 is 15.9 Å². The standard InChI is InChI=1S/C12H17BrO2/c1-3-10(2)14-8-9-15-12-6-4-11(13)5-7-12/h4-7,10H,3,8-9H2,1-2H3. The van der Waals surface area contributed by atoms with Crippen LogP contribution in [0, 0.1) is 0 Å². The smallest absolute Gasteiger partial charge is 0.119 e. The van der Waals surface area contributed by atoms with Crippen LogP contribution < -0.4 is 4.74 Å². The van der Waals surface area contributed by atoms with Gasteiger partial charge in [0.1, 0.15) is 12.4 Å². The number of hydrogen-bond donors (Lipinski definition) is 0. The van der Waals surface area contributed by atoms with E-state index in [4.69, 9.17) is 9.47 Å². The summed E-state index contributed by atoms with van der Waals surface area (Å²) in [5.41, 5.74) is 0. The maximum Gasteiger partial charge on any atom is 0.119 e. The van der Waals surface area contributed by atoms with Crippen LogP contribution in [0.4, 0.5) is 0 Å². The molecule has 15 heavy (non-hydrogen) atoms. The van der Waals surface area contributed by atoms with Crippen LogP contribution in [-0.4, -0.2) is 19.3 Å². The highest BCUT2D eigenvalue weighted by Crippen LogP contribution is 2.15. The molecule has 1 atom stereocenters. The number of hydrogen-bond acceptors (Lipinski definition) is 2. The normalized spacial score (nSPS) is 12.5. The zero-order valence-electron chi connectivity index (χ0n) is 9.20. The Labute approximate surface area is 99.7 Å². The van der Waals surface area contributed by atoms with Crippen LogP contribution in [0.1, 0.15) is 20.3 Å². The first-order valence-electron chi connectivity index (χ1n) is 5.22. The molecule has 1 aromatic carbocycles. The third-order valence-corrected chi connectivity index (χ3v) is 2.67. The average molecular weight is 273 g/mol. The van der Waals surface area contributed by atoms with Gasteiger partial charge >= 0.3 is 0 Å². The van der Waals surface area contributed by atoms with Crippen molar-refractivity contribution in [1.82, 2.24) is 0 Å². The summed E-state index contributed by atoms with van der Waals surface area (Å²) in [6.45, 7) is 5.43. The van der Waals surface area contributed by atoms with Crippen LogP contribution in [-0.2, 0) is 4.74 Å². The molecule has 0 radical (unpaired) electrons. The molecular weight excluding hydrogens is 256 g/mol. The second kappa shape index (κ2) is 6.85. The average Bonchev–Trinajstić information content (AvgIpc) is 2.26. The third-order valence-electron chi connectivity index (χ3n) is 2.14. The van der Waals surface area contributed by atoms with Crippen molar-refractivity contribution in [3.8, 4) is 5.75 Å². The lowest BCUT2D eigenvalue weighted by atomic mass is 10.3. The highest BCUT2D eigenvalue weighted by molar-refractivity contribution is 9.10. The molecule has 0 spiro atoms. The van der Waals surface area contributed by atoms with Gasteiger partial charge in [-0.05, 0) is 37.6 Å². The molecule has 0 amide bonds. The minimum Gasteiger partial charge on any atom is -0.491 e. The van der Waals surface area contributed by atoms with E-state index in [2.05, 4.69) is 29.8 Å². The van der Waals surface area contributed by atoms with E-state index < -0.39 is 0 Å². The van der Waals surface area contributed by atoms with Gasteiger partial charge < -0.3 is 9.47 Å². The second-order valence-corrected chi connectivity index (χ2v) is 4.31. The Balaban J connectivity index is 2.17. The summed E-state index contributed by atoms with van der Waals surface area (Å²) in [6.07, 6.45) is 1.36. The molecule has 84 valence electrons. The van der Waals surface area contributed by atoms with Crippen molar-refractivity contribution in [1.29, 1.82) is 0 Å². The Kier molecular flexibility index (Phi) is 5.73. The molecule has 0 aliphatic carbocycles. The summed E-state index contributed by atoms with van der Waals surface area (Å²) in [7, 11) is 0. The fraction of sp³-hybridized carbons (Fsp3) is 0.500. The van der Waals surface area contributed by atoms with E-state index in [1.54, 1.807) is 0 Å². The quantitative estimate of drug-likeness (QED) is 0.737. The molecule has 0 aliphatic heterocycles. The topological polar surface area (TPSA) is 18.5 Å². The van der Waals surface area contributed by atoms with E-state index in [1.807, 2.05) is 24.3 Å². The summed E-state index contributed by atoms with van der Waals surface area (Å²) in [4.78, 5) is 0. The predicted molar refractivity (Wildman–Crippen MR) is 65.3 cm³/mol. The lowest BCUT2D eigenvalue weighted by Crippen LogP contribution is -2.13. The number of halogens is 1. The Hall–Kier alpha value is -0.540. The lowest BCUT2D eigenvalue weighted by molar-refractivity contribution is 0.0427. The number of benzene rings is 1. The van der Waals surface area contributed by atoms with Crippen LogP contribution in [0.25, 0.3) is 0 Å². The van der Waals surface area contributed by atoms with Gasteiger partial charge in [-0.15, -0.1) is 0 Å². The molecule has 1 unspecified atom stereocenters. The molecule has 0 fully saturated rings. The van der Waals surface area contributed by atoms with Crippen LogP contribution in [0.2, 0.25) is 0 Å². The molecule has 0 N–H and O–H groups in total. The molecular formula is C12H17BrO2. The van der Waals surface area contributed by atoms with Crippen molar-refractivity contribution in [3.63, 3.8) is 0 Å². The Morgan fingerprint density at radius 3 is 2.47 bits per heavy atom. The van der Waals surface area contributed by atoms with E-state index >= 15 is 0 Å². The molecule has 0 saturated carbocycles. The summed E-state index contributed by atoms with van der Waals surface area (Å²) in [6, 6.07) is 7.80. The molecule has 0 heterocycles. The summed E-state index contributed by atoms with van der Waals surface area (Å²) in [5, 5.41) is 0. The minimum atomic E-state index is 0.318. The van der Waals surface area contributed by atoms with Crippen molar-refractivity contribution in [2.45, 2.75) is 26.4 Å². The second-order valence-electron chi connectivity index (χ2n) is 3.39. The van der Waals surface area contributed by atoms with Crippen molar-refractivity contribution in [2.24, 2.45) is 0 Å². The van der Waals surface area contributed by atoms with E-state index in [0.717, 1.165) is 16.6 Å². The van der Waals surface area contributed by atoms with Gasteiger partial charge in [-0.3, -0.25) is 0 Å². The molecule has 0 bridgehead atoms. The van der Waals surface area contributed by atoms with E-state index in [-0.39, 0.29) is 0 Å². The summed E-state index contributed by atoms with van der Waals surface area (Å²) >= 11 is 3.38. The highest BCUT2D eigenvalue weighted by atomic mass is 79.9. The van der Waals surface area contributed by atoms with Crippen LogP contribution in [0.5, 0.6) is 5.75 Å². The maximum atomic E-state index is 5.51. The highest BCUT2D eigenvalue weighted by Gasteiger charge is 1.98. The molecule has 3 heteroatoms. The molecule has 0 aromatic heterocycles. The fourth-order valence-corrected chi connectivity index (χ4v) is 1.32. The van der Waals surface area contributed by atoms with Crippen molar-refractivity contribution in [3.05, 3.63) is 28.7 Å². The van der Waals surface area contributed by atoms with Gasteiger partial charge in [0, 0.05) is 4.47 Å². The molecule has 2 nitrogen and oxygen atoms in total. The largest absolute Gasteiger partial charge is 0.491 e. The number of rotatable bonds is 6. The van der Waals surface area contributed by atoms with Gasteiger partial charge in [0.15, 0.2) is 0 Å². The van der Waals surface area contributed by atoms with E-state index in [1.165, 1.54) is 0 Å². The van der Waals surface area contributed by atoms with Gasteiger partial charge in [0.2, 0.25) is 0 Å². The Morgan fingerprint density at radius 1 is 1.20 bits per heavy atom. The van der Waals surface area contributed by atoms with Crippen molar-refractivity contribution in [2.75, 3.05) is 13.2 Å². The first-order chi connectivity index (χ1) is 7.22. The third kappa shape index (κ3) is 5.19. The monoisotopic (exact) mass is 272 g/mol. The Bertz CT molecular complexity index is 271. The SMILES string of the molecule is CCC(C)OCCOc1ccc(Br)cc1. The van der Waals surface area contributed by atoms with Crippen molar-refractivity contribution < 1.29 is 9.47 Å². The van der Waals surface area contributed by atoms with E-state index in [0.29, 0.717) is 19.3 Å². The zero-order chi connectivity index (χ0) is 11.1. The van der Waals surface area contributed by atoms with Crippen molar-refractivity contribution >= 4 is 15.9 Å². The summed E-state index contributed by atoms with van der Waals surface area (Å²) < 4.78 is 12.1. The zero-order valence-corrected chi connectivity index (χ0v) is 10.8. The maximum absolute atomic E-state index is 5.51. The van der Waals surface area contributed by atoms with Crippen LogP contribution in [0.15, 0.2) is 28.7 Å². The van der Waals surface area contributed by atoms with Gasteiger partial charge in [0.25, 0.3) is 0 Å². The summed E-state index contributed by atoms with van der Waals surface area (Å²) in [5.74, 6) is 0.881. The Morgan fingerprint density at radius 2 is 1.87 bits per heavy atom. The number of ether oxygens (including phenoxy) is 2. The molecule has 0 saturated heterocycles. The van der Waals surface area contributed by atoms with E-state index in [9.17, 15) is 0 Å². The van der Waals surface area contributed by atoms with Gasteiger partial charge in [-0.2, -0.15) is 0 Å². The fourth-order valence-electron chi connectivity index (χ4n) is 1.06. The van der Waals surface area contributed by atoms with Gasteiger partial charge in [0.05, 0.1) is 12.7 Å². The first kappa shape index (κ1) is 12.5. The molecule has 0 aliphatic rings. The van der Waals surface area contributed by atoms with Gasteiger partial charge in [-0.1, -0.05) is 22.9 Å². The van der Waals surface area contributed by atoms with Gasteiger partial charge in [-0.25, -0.2) is 0 Å².